The van der Waals surface area contributed by atoms with Crippen molar-refractivity contribution in [2.45, 2.75) is 39.6 Å². The summed E-state index contributed by atoms with van der Waals surface area (Å²) in [6.07, 6.45) is 2.23. The molecule has 0 N–H and O–H groups in total. The van der Waals surface area contributed by atoms with Crippen LogP contribution in [0.4, 0.5) is 5.13 Å². The summed E-state index contributed by atoms with van der Waals surface area (Å²) in [4.78, 5) is 11.8. The summed E-state index contributed by atoms with van der Waals surface area (Å²) in [5.41, 5.74) is 3.92. The molecule has 186 valence electrons. The normalized spacial score (nSPS) is 18.3. The highest BCUT2D eigenvalue weighted by atomic mass is 32.1. The lowest BCUT2D eigenvalue weighted by Gasteiger charge is -2.35. The summed E-state index contributed by atoms with van der Waals surface area (Å²) in [5, 5.41) is 8.36. The Morgan fingerprint density at radius 2 is 1.94 bits per heavy atom. The first kappa shape index (κ1) is 22.8. The Labute approximate surface area is 212 Å². The highest BCUT2D eigenvalue weighted by Crippen LogP contribution is 2.37. The third kappa shape index (κ3) is 4.38. The van der Waals surface area contributed by atoms with Gasteiger partial charge in [-0.2, -0.15) is 5.10 Å². The van der Waals surface area contributed by atoms with Crippen LogP contribution >= 0.6 is 11.3 Å². The average molecular weight is 506 g/mol. The van der Waals surface area contributed by atoms with Crippen LogP contribution in [0.2, 0.25) is 0 Å². The van der Waals surface area contributed by atoms with Gasteiger partial charge in [0, 0.05) is 30.6 Å². The summed E-state index contributed by atoms with van der Waals surface area (Å²) in [6.45, 7) is 8.15. The van der Waals surface area contributed by atoms with Gasteiger partial charge in [-0.05, 0) is 39.0 Å². The molecule has 0 spiro atoms. The van der Waals surface area contributed by atoms with E-state index in [0.717, 1.165) is 40.6 Å². The van der Waals surface area contributed by atoms with Crippen LogP contribution in [0.1, 0.15) is 25.2 Å². The largest absolute Gasteiger partial charge is 0.496 e. The minimum atomic E-state index is 0.186. The molecular formula is C26H27N5O4S. The lowest BCUT2D eigenvalue weighted by molar-refractivity contribution is -0.00524. The molecule has 1 fully saturated rings. The van der Waals surface area contributed by atoms with Gasteiger partial charge in [0.25, 0.3) is 0 Å². The van der Waals surface area contributed by atoms with Gasteiger partial charge in [-0.15, -0.1) is 11.3 Å². The SMILES string of the molecule is COc1cc(OCc2csc(N3C[C@@H](C)O[C@@H](C)C3)n2)c2cc(-c3cn4nc(C)ccc4n3)oc2c1. The molecule has 0 amide bonds. The smallest absolute Gasteiger partial charge is 0.185 e. The van der Waals surface area contributed by atoms with E-state index in [1.54, 1.807) is 23.0 Å². The summed E-state index contributed by atoms with van der Waals surface area (Å²) in [6, 6.07) is 9.54. The zero-order chi connectivity index (χ0) is 24.8. The molecule has 0 radical (unpaired) electrons. The molecule has 0 bridgehead atoms. The number of fused-ring (bicyclic) bond motifs is 2. The molecular weight excluding hydrogens is 478 g/mol. The molecule has 2 atom stereocenters. The van der Waals surface area contributed by atoms with E-state index in [4.69, 9.17) is 23.6 Å². The third-order valence-corrected chi connectivity index (χ3v) is 7.07. The number of furan rings is 1. The summed E-state index contributed by atoms with van der Waals surface area (Å²) in [5.74, 6) is 1.96. The Bertz CT molecular complexity index is 1530. The third-order valence-electron chi connectivity index (χ3n) is 6.12. The van der Waals surface area contributed by atoms with Gasteiger partial charge in [0.15, 0.2) is 16.5 Å². The van der Waals surface area contributed by atoms with Crippen molar-refractivity contribution in [3.63, 3.8) is 0 Å². The fourth-order valence-electron chi connectivity index (χ4n) is 4.54. The molecule has 10 heteroatoms. The minimum Gasteiger partial charge on any atom is -0.496 e. The number of aromatic nitrogens is 4. The second kappa shape index (κ2) is 9.11. The first-order valence-electron chi connectivity index (χ1n) is 11.9. The van der Waals surface area contributed by atoms with Crippen LogP contribution in [0.25, 0.3) is 28.1 Å². The van der Waals surface area contributed by atoms with Crippen molar-refractivity contribution in [3.8, 4) is 23.0 Å². The molecule has 1 aliphatic heterocycles. The van der Waals surface area contributed by atoms with Gasteiger partial charge in [0.1, 0.15) is 29.4 Å². The monoisotopic (exact) mass is 505 g/mol. The number of anilines is 1. The fourth-order valence-corrected chi connectivity index (χ4v) is 5.37. The predicted octanol–water partition coefficient (Wildman–Crippen LogP) is 5.11. The van der Waals surface area contributed by atoms with Gasteiger partial charge in [0.2, 0.25) is 0 Å². The lowest BCUT2D eigenvalue weighted by Crippen LogP contribution is -2.45. The van der Waals surface area contributed by atoms with Gasteiger partial charge in [-0.1, -0.05) is 0 Å². The average Bonchev–Trinajstić information content (AvgIpc) is 3.59. The van der Waals surface area contributed by atoms with Crippen LogP contribution < -0.4 is 14.4 Å². The van der Waals surface area contributed by atoms with Gasteiger partial charge >= 0.3 is 0 Å². The van der Waals surface area contributed by atoms with Crippen LogP contribution in [0.15, 0.2) is 46.3 Å². The second-order valence-corrected chi connectivity index (χ2v) is 9.96. The molecule has 4 aromatic heterocycles. The number of nitrogens with zero attached hydrogens (tertiary/aromatic N) is 5. The van der Waals surface area contributed by atoms with Gasteiger partial charge in [-0.3, -0.25) is 0 Å². The topological polar surface area (TPSA) is 87.2 Å². The van der Waals surface area contributed by atoms with Gasteiger partial charge in [-0.25, -0.2) is 14.5 Å². The Morgan fingerprint density at radius 1 is 1.11 bits per heavy atom. The van der Waals surface area contributed by atoms with Crippen molar-refractivity contribution >= 4 is 33.1 Å². The molecule has 1 saturated heterocycles. The predicted molar refractivity (Wildman–Crippen MR) is 138 cm³/mol. The molecule has 5 heterocycles. The summed E-state index contributed by atoms with van der Waals surface area (Å²) >= 11 is 1.63. The molecule has 9 nitrogen and oxygen atoms in total. The fraction of sp³-hybridized carbons (Fsp3) is 0.346. The van der Waals surface area contributed by atoms with E-state index >= 15 is 0 Å². The maximum absolute atomic E-state index is 6.24. The van der Waals surface area contributed by atoms with Crippen LogP contribution in [0, 0.1) is 6.92 Å². The molecule has 0 aliphatic carbocycles. The minimum absolute atomic E-state index is 0.186. The van der Waals surface area contributed by atoms with Crippen molar-refractivity contribution in [2.75, 3.05) is 25.1 Å². The maximum Gasteiger partial charge on any atom is 0.185 e. The maximum atomic E-state index is 6.24. The number of ether oxygens (including phenoxy) is 3. The van der Waals surface area contributed by atoms with Gasteiger partial charge < -0.3 is 23.5 Å². The molecule has 1 aromatic carbocycles. The highest BCUT2D eigenvalue weighted by molar-refractivity contribution is 7.13. The molecule has 6 rings (SSSR count). The number of hydrogen-bond donors (Lipinski definition) is 0. The number of imidazole rings is 1. The molecule has 5 aromatic rings. The van der Waals surface area contributed by atoms with Crippen molar-refractivity contribution in [1.29, 1.82) is 0 Å². The van der Waals surface area contributed by atoms with Crippen LogP contribution in [-0.2, 0) is 11.3 Å². The van der Waals surface area contributed by atoms with E-state index in [-0.39, 0.29) is 12.2 Å². The summed E-state index contributed by atoms with van der Waals surface area (Å²) in [7, 11) is 1.63. The van der Waals surface area contributed by atoms with Crippen molar-refractivity contribution in [2.24, 2.45) is 0 Å². The van der Waals surface area contributed by atoms with Crippen molar-refractivity contribution < 1.29 is 18.6 Å². The first-order chi connectivity index (χ1) is 17.4. The standard InChI is InChI=1S/C26H27N5O4S/c1-15-5-6-25-28-21(12-31(25)29-15)24-9-20-22(7-19(32-4)8-23(20)35-24)33-13-18-14-36-26(27-18)30-10-16(2)34-17(3)11-30/h5-9,12,14,16-17H,10-11,13H2,1-4H3/t16-,17+. The lowest BCUT2D eigenvalue weighted by atomic mass is 10.2. The van der Waals surface area contributed by atoms with Gasteiger partial charge in [0.05, 0.1) is 42.3 Å². The molecule has 0 unspecified atom stereocenters. The van der Waals surface area contributed by atoms with E-state index < -0.39 is 0 Å². The Kier molecular flexibility index (Phi) is 5.77. The van der Waals surface area contributed by atoms with E-state index in [1.165, 1.54) is 0 Å². The zero-order valence-corrected chi connectivity index (χ0v) is 21.4. The Balaban J connectivity index is 1.26. The Morgan fingerprint density at radius 3 is 2.75 bits per heavy atom. The van der Waals surface area contributed by atoms with Crippen LogP contribution in [0.3, 0.4) is 0 Å². The summed E-state index contributed by atoms with van der Waals surface area (Å²) < 4.78 is 25.5. The number of aryl methyl sites for hydroxylation is 1. The highest BCUT2D eigenvalue weighted by Gasteiger charge is 2.24. The van der Waals surface area contributed by atoms with E-state index in [2.05, 4.69) is 28.8 Å². The number of morpholine rings is 1. The second-order valence-electron chi connectivity index (χ2n) is 9.12. The first-order valence-corrected chi connectivity index (χ1v) is 12.8. The van der Waals surface area contributed by atoms with E-state index in [1.807, 2.05) is 48.8 Å². The quantitative estimate of drug-likeness (QED) is 0.315. The van der Waals surface area contributed by atoms with Crippen molar-refractivity contribution in [3.05, 3.63) is 53.3 Å². The van der Waals surface area contributed by atoms with Crippen LogP contribution in [-0.4, -0.2) is 52.0 Å². The molecule has 36 heavy (non-hydrogen) atoms. The number of thiazole rings is 1. The van der Waals surface area contributed by atoms with E-state index in [9.17, 15) is 0 Å². The number of methoxy groups -OCH3 is 1. The Hall–Kier alpha value is -3.63. The number of rotatable bonds is 6. The number of hydrogen-bond acceptors (Lipinski definition) is 9. The molecule has 1 aliphatic rings. The zero-order valence-electron chi connectivity index (χ0n) is 20.6. The number of benzene rings is 1. The van der Waals surface area contributed by atoms with Crippen molar-refractivity contribution in [1.82, 2.24) is 19.6 Å². The molecule has 0 saturated carbocycles. The van der Waals surface area contributed by atoms with Crippen LogP contribution in [0.5, 0.6) is 11.5 Å². The van der Waals surface area contributed by atoms with E-state index in [0.29, 0.717) is 35.1 Å².